The van der Waals surface area contributed by atoms with E-state index in [1.165, 1.54) is 11.8 Å². The van der Waals surface area contributed by atoms with Gasteiger partial charge >= 0.3 is 0 Å². The number of ether oxygens (including phenoxy) is 2. The Bertz CT molecular complexity index is 635. The fraction of sp³-hybridized carbons (Fsp3) is 0.529. The van der Waals surface area contributed by atoms with Crippen LogP contribution in [0.3, 0.4) is 0 Å². The fourth-order valence-corrected chi connectivity index (χ4v) is 3.67. The Morgan fingerprint density at radius 3 is 2.71 bits per heavy atom. The zero-order valence-corrected chi connectivity index (χ0v) is 14.7. The molecule has 2 amide bonds. The monoisotopic (exact) mass is 350 g/mol. The third-order valence-electron chi connectivity index (χ3n) is 4.09. The summed E-state index contributed by atoms with van der Waals surface area (Å²) in [6.07, 6.45) is 0. The summed E-state index contributed by atoms with van der Waals surface area (Å²) in [5.41, 5.74) is 0.977. The highest BCUT2D eigenvalue weighted by Gasteiger charge is 2.26. The maximum atomic E-state index is 12.4. The van der Waals surface area contributed by atoms with Gasteiger partial charge in [0.2, 0.25) is 5.91 Å². The lowest BCUT2D eigenvalue weighted by molar-refractivity contribution is -0.122. The number of carbonyl (C=O) groups is 2. The lowest BCUT2D eigenvalue weighted by Gasteiger charge is -2.26. The van der Waals surface area contributed by atoms with E-state index in [1.807, 2.05) is 18.2 Å². The first kappa shape index (κ1) is 17.0. The summed E-state index contributed by atoms with van der Waals surface area (Å²) in [6, 6.07) is 5.62. The normalized spacial score (nSPS) is 18.0. The maximum Gasteiger partial charge on any atom is 0.282 e. The van der Waals surface area contributed by atoms with Gasteiger partial charge in [0.1, 0.15) is 19.8 Å². The molecule has 1 N–H and O–H groups in total. The molecule has 1 aromatic rings. The summed E-state index contributed by atoms with van der Waals surface area (Å²) in [5.74, 6) is 2.27. The average Bonchev–Trinajstić information content (AvgIpc) is 2.97. The highest BCUT2D eigenvalue weighted by Crippen LogP contribution is 2.34. The predicted octanol–water partition coefficient (Wildman–Crippen LogP) is 2.44. The van der Waals surface area contributed by atoms with Crippen molar-refractivity contribution in [2.24, 2.45) is 5.92 Å². The first-order valence-corrected chi connectivity index (χ1v) is 9.14. The molecule has 2 aliphatic rings. The van der Waals surface area contributed by atoms with Crippen molar-refractivity contribution in [3.05, 3.63) is 23.8 Å². The van der Waals surface area contributed by atoms with Crippen molar-refractivity contribution >= 4 is 22.9 Å². The van der Waals surface area contributed by atoms with Crippen LogP contribution in [0.4, 0.5) is 4.79 Å². The molecule has 1 unspecified atom stereocenters. The van der Waals surface area contributed by atoms with E-state index in [4.69, 9.17) is 9.47 Å². The summed E-state index contributed by atoms with van der Waals surface area (Å²) >= 11 is 1.26. The van der Waals surface area contributed by atoms with Gasteiger partial charge in [-0.1, -0.05) is 31.7 Å². The SMILES string of the molecule is CC(C)C(NC(=O)CN1CCSC1=O)c1ccc2c(c1)OCCO2. The van der Waals surface area contributed by atoms with Crippen molar-refractivity contribution in [3.63, 3.8) is 0 Å². The number of thioether (sulfide) groups is 1. The molecule has 7 heteroatoms. The van der Waals surface area contributed by atoms with Crippen LogP contribution >= 0.6 is 11.8 Å². The molecule has 3 rings (SSSR count). The molecule has 1 aromatic carbocycles. The maximum absolute atomic E-state index is 12.4. The topological polar surface area (TPSA) is 67.9 Å². The Hall–Kier alpha value is -1.89. The van der Waals surface area contributed by atoms with Crippen LogP contribution in [0.25, 0.3) is 0 Å². The largest absolute Gasteiger partial charge is 0.486 e. The van der Waals surface area contributed by atoms with E-state index >= 15 is 0 Å². The van der Waals surface area contributed by atoms with Crippen molar-refractivity contribution in [1.82, 2.24) is 10.2 Å². The average molecular weight is 350 g/mol. The van der Waals surface area contributed by atoms with Crippen molar-refractivity contribution in [3.8, 4) is 11.5 Å². The number of hydrogen-bond acceptors (Lipinski definition) is 5. The van der Waals surface area contributed by atoms with Crippen LogP contribution in [-0.4, -0.2) is 48.1 Å². The highest BCUT2D eigenvalue weighted by atomic mass is 32.2. The molecule has 2 aliphatic heterocycles. The molecule has 0 radical (unpaired) electrons. The third-order valence-corrected chi connectivity index (χ3v) is 4.98. The molecule has 6 nitrogen and oxygen atoms in total. The lowest BCUT2D eigenvalue weighted by Crippen LogP contribution is -2.40. The molecular formula is C17H22N2O4S. The van der Waals surface area contributed by atoms with E-state index in [-0.39, 0.29) is 29.7 Å². The van der Waals surface area contributed by atoms with Gasteiger partial charge in [0.25, 0.3) is 5.24 Å². The summed E-state index contributed by atoms with van der Waals surface area (Å²) in [7, 11) is 0. The fourth-order valence-electron chi connectivity index (χ4n) is 2.85. The van der Waals surface area contributed by atoms with Crippen molar-refractivity contribution in [1.29, 1.82) is 0 Å². The van der Waals surface area contributed by atoms with E-state index in [2.05, 4.69) is 19.2 Å². The van der Waals surface area contributed by atoms with Gasteiger partial charge in [0.15, 0.2) is 11.5 Å². The van der Waals surface area contributed by atoms with E-state index in [9.17, 15) is 9.59 Å². The van der Waals surface area contributed by atoms with Gasteiger partial charge in [-0.3, -0.25) is 9.59 Å². The minimum Gasteiger partial charge on any atom is -0.486 e. The van der Waals surface area contributed by atoms with Crippen LogP contribution in [0.5, 0.6) is 11.5 Å². The number of carbonyl (C=O) groups excluding carboxylic acids is 2. The number of fused-ring (bicyclic) bond motifs is 1. The van der Waals surface area contributed by atoms with E-state index in [0.29, 0.717) is 25.5 Å². The van der Waals surface area contributed by atoms with Gasteiger partial charge in [-0.05, 0) is 23.6 Å². The second kappa shape index (κ2) is 7.34. The molecule has 1 fully saturated rings. The minimum absolute atomic E-state index is 0.0226. The van der Waals surface area contributed by atoms with Gasteiger partial charge in [-0.15, -0.1) is 0 Å². The number of nitrogens with one attached hydrogen (secondary N) is 1. The molecule has 1 saturated heterocycles. The Morgan fingerprint density at radius 1 is 1.29 bits per heavy atom. The number of rotatable bonds is 5. The van der Waals surface area contributed by atoms with Crippen LogP contribution in [0, 0.1) is 5.92 Å². The van der Waals surface area contributed by atoms with Crippen molar-refractivity contribution in [2.45, 2.75) is 19.9 Å². The molecule has 0 bridgehead atoms. The van der Waals surface area contributed by atoms with Gasteiger partial charge in [0.05, 0.1) is 6.04 Å². The Labute approximate surface area is 145 Å². The van der Waals surface area contributed by atoms with Gasteiger partial charge < -0.3 is 19.7 Å². The second-order valence-corrected chi connectivity index (χ2v) is 7.27. The second-order valence-electron chi connectivity index (χ2n) is 6.23. The first-order valence-electron chi connectivity index (χ1n) is 8.15. The summed E-state index contributed by atoms with van der Waals surface area (Å²) in [4.78, 5) is 25.6. The first-order chi connectivity index (χ1) is 11.5. The zero-order valence-electron chi connectivity index (χ0n) is 13.9. The zero-order chi connectivity index (χ0) is 17.1. The van der Waals surface area contributed by atoms with Gasteiger partial charge in [-0.2, -0.15) is 0 Å². The Balaban J connectivity index is 1.70. The molecule has 0 aromatic heterocycles. The molecule has 0 saturated carbocycles. The summed E-state index contributed by atoms with van der Waals surface area (Å²) < 4.78 is 11.2. The smallest absolute Gasteiger partial charge is 0.282 e. The Morgan fingerprint density at radius 2 is 2.04 bits per heavy atom. The predicted molar refractivity (Wildman–Crippen MR) is 92.6 cm³/mol. The Kier molecular flexibility index (Phi) is 5.18. The van der Waals surface area contributed by atoms with E-state index in [0.717, 1.165) is 17.1 Å². The molecule has 24 heavy (non-hydrogen) atoms. The van der Waals surface area contributed by atoms with Crippen LogP contribution in [-0.2, 0) is 4.79 Å². The number of nitrogens with zero attached hydrogens (tertiary/aromatic N) is 1. The number of benzene rings is 1. The quantitative estimate of drug-likeness (QED) is 0.883. The summed E-state index contributed by atoms with van der Waals surface area (Å²) in [5, 5.41) is 3.03. The lowest BCUT2D eigenvalue weighted by atomic mass is 9.95. The van der Waals surface area contributed by atoms with Gasteiger partial charge in [-0.25, -0.2) is 0 Å². The standard InChI is InChI=1S/C17H22N2O4S/c1-11(2)16(18-15(20)10-19-5-8-24-17(19)21)12-3-4-13-14(9-12)23-7-6-22-13/h3-4,9,11,16H,5-8,10H2,1-2H3,(H,18,20). The molecule has 0 spiro atoms. The van der Waals surface area contributed by atoms with Crippen LogP contribution in [0.1, 0.15) is 25.5 Å². The van der Waals surface area contributed by atoms with Crippen LogP contribution < -0.4 is 14.8 Å². The molecule has 1 atom stereocenters. The van der Waals surface area contributed by atoms with Crippen molar-refractivity contribution in [2.75, 3.05) is 32.1 Å². The van der Waals surface area contributed by atoms with Crippen molar-refractivity contribution < 1.29 is 19.1 Å². The summed E-state index contributed by atoms with van der Waals surface area (Å²) in [6.45, 7) is 5.94. The molecule has 0 aliphatic carbocycles. The highest BCUT2D eigenvalue weighted by molar-refractivity contribution is 8.13. The van der Waals surface area contributed by atoms with Crippen LogP contribution in [0.15, 0.2) is 18.2 Å². The van der Waals surface area contributed by atoms with Crippen LogP contribution in [0.2, 0.25) is 0 Å². The van der Waals surface area contributed by atoms with E-state index < -0.39 is 0 Å². The number of amides is 2. The van der Waals surface area contributed by atoms with Gasteiger partial charge in [0, 0.05) is 12.3 Å². The third kappa shape index (κ3) is 3.77. The number of hydrogen-bond donors (Lipinski definition) is 1. The van der Waals surface area contributed by atoms with E-state index in [1.54, 1.807) is 4.90 Å². The molecule has 130 valence electrons. The molecular weight excluding hydrogens is 328 g/mol. The molecule has 2 heterocycles. The minimum atomic E-state index is -0.140.